The van der Waals surface area contributed by atoms with Crippen LogP contribution in [0.15, 0.2) is 0 Å². The van der Waals surface area contributed by atoms with E-state index in [0.29, 0.717) is 5.54 Å². The van der Waals surface area contributed by atoms with Gasteiger partial charge >= 0.3 is 0 Å². The first-order chi connectivity index (χ1) is 8.17. The third-order valence-corrected chi connectivity index (χ3v) is 5.84. The fourth-order valence-corrected chi connectivity index (χ4v) is 4.72. The Morgan fingerprint density at radius 1 is 1.24 bits per heavy atom. The molecule has 2 N–H and O–H groups in total. The number of nitrogens with zero attached hydrogens (tertiary/aromatic N) is 1. The van der Waals surface area contributed by atoms with Crippen molar-refractivity contribution in [1.29, 1.82) is 0 Å². The van der Waals surface area contributed by atoms with Crippen molar-refractivity contribution in [3.63, 3.8) is 0 Å². The van der Waals surface area contributed by atoms with E-state index in [1.54, 1.807) is 0 Å². The Morgan fingerprint density at radius 2 is 2.06 bits per heavy atom. The summed E-state index contributed by atoms with van der Waals surface area (Å²) in [4.78, 5) is 2.82. The molecule has 17 heavy (non-hydrogen) atoms. The molecule has 0 amide bonds. The van der Waals surface area contributed by atoms with Gasteiger partial charge in [0.05, 0.1) is 0 Å². The van der Waals surface area contributed by atoms with Crippen LogP contribution in [0.4, 0.5) is 0 Å². The molecule has 98 valence electrons. The summed E-state index contributed by atoms with van der Waals surface area (Å²) in [5, 5.41) is 0. The minimum absolute atomic E-state index is 0.386. The first-order valence-electron chi connectivity index (χ1n) is 7.64. The van der Waals surface area contributed by atoms with Crippen molar-refractivity contribution in [1.82, 2.24) is 4.90 Å². The first-order valence-corrected chi connectivity index (χ1v) is 7.64. The van der Waals surface area contributed by atoms with Crippen LogP contribution in [0.3, 0.4) is 0 Å². The van der Waals surface area contributed by atoms with E-state index >= 15 is 0 Å². The first kappa shape index (κ1) is 12.0. The van der Waals surface area contributed by atoms with E-state index in [9.17, 15) is 0 Å². The smallest absolute Gasteiger partial charge is 0.0365 e. The molecule has 0 aromatic heterocycles. The molecule has 1 saturated heterocycles. The van der Waals surface area contributed by atoms with E-state index in [2.05, 4.69) is 18.7 Å². The van der Waals surface area contributed by atoms with E-state index in [-0.39, 0.29) is 0 Å². The molecule has 0 aromatic carbocycles. The fraction of sp³-hybridized carbons (Fsp3) is 1.00. The predicted molar refractivity (Wildman–Crippen MR) is 71.8 cm³/mol. The summed E-state index contributed by atoms with van der Waals surface area (Å²) in [7, 11) is 0. The summed E-state index contributed by atoms with van der Waals surface area (Å²) in [5.74, 6) is 2.83. The van der Waals surface area contributed by atoms with Crippen molar-refractivity contribution < 1.29 is 0 Å². The van der Waals surface area contributed by atoms with Gasteiger partial charge in [0, 0.05) is 24.7 Å². The van der Waals surface area contributed by atoms with Crippen LogP contribution in [-0.2, 0) is 0 Å². The van der Waals surface area contributed by atoms with Crippen LogP contribution in [-0.4, -0.2) is 29.6 Å². The van der Waals surface area contributed by atoms with Gasteiger partial charge in [-0.1, -0.05) is 19.8 Å². The highest BCUT2D eigenvalue weighted by Gasteiger charge is 2.57. The second-order valence-electron chi connectivity index (χ2n) is 6.99. The molecule has 0 bridgehead atoms. The predicted octanol–water partition coefficient (Wildman–Crippen LogP) is 2.62. The van der Waals surface area contributed by atoms with Gasteiger partial charge in [-0.05, 0) is 50.4 Å². The molecule has 0 aromatic rings. The highest BCUT2D eigenvalue weighted by atomic mass is 15.3. The third-order valence-electron chi connectivity index (χ3n) is 5.84. The van der Waals surface area contributed by atoms with Crippen molar-refractivity contribution in [3.05, 3.63) is 0 Å². The van der Waals surface area contributed by atoms with E-state index in [4.69, 9.17) is 5.73 Å². The number of piperidine rings is 1. The minimum Gasteiger partial charge on any atom is -0.329 e. The van der Waals surface area contributed by atoms with Crippen molar-refractivity contribution in [2.24, 2.45) is 23.5 Å². The Bertz CT molecular complexity index is 291. The quantitative estimate of drug-likeness (QED) is 0.798. The fourth-order valence-electron chi connectivity index (χ4n) is 4.72. The summed E-state index contributed by atoms with van der Waals surface area (Å²) in [6.07, 6.45) is 8.50. The lowest BCUT2D eigenvalue weighted by Gasteiger charge is -2.52. The average molecular weight is 236 g/mol. The number of hydrogen-bond acceptors (Lipinski definition) is 2. The number of rotatable bonds is 2. The molecule has 1 heterocycles. The zero-order chi connectivity index (χ0) is 12.0. The Hall–Kier alpha value is -0.0800. The number of fused-ring (bicyclic) bond motifs is 1. The number of hydrogen-bond donors (Lipinski definition) is 1. The van der Waals surface area contributed by atoms with Crippen molar-refractivity contribution in [3.8, 4) is 0 Å². The van der Waals surface area contributed by atoms with Gasteiger partial charge in [0.25, 0.3) is 0 Å². The molecule has 3 aliphatic rings. The summed E-state index contributed by atoms with van der Waals surface area (Å²) >= 11 is 0. The Kier molecular flexibility index (Phi) is 2.99. The van der Waals surface area contributed by atoms with Crippen LogP contribution < -0.4 is 5.73 Å². The maximum absolute atomic E-state index is 6.25. The molecular weight excluding hydrogens is 208 g/mol. The van der Waals surface area contributed by atoms with Crippen LogP contribution in [0.1, 0.15) is 52.4 Å². The lowest BCUT2D eigenvalue weighted by molar-refractivity contribution is -0.0221. The number of nitrogens with two attached hydrogens (primary N) is 1. The lowest BCUT2D eigenvalue weighted by atomic mass is 9.76. The van der Waals surface area contributed by atoms with Crippen LogP contribution in [0.5, 0.6) is 0 Å². The van der Waals surface area contributed by atoms with Gasteiger partial charge in [-0.15, -0.1) is 0 Å². The molecule has 2 aliphatic carbocycles. The zero-order valence-electron chi connectivity index (χ0n) is 11.5. The normalized spacial score (nSPS) is 51.0. The van der Waals surface area contributed by atoms with Gasteiger partial charge in [0.2, 0.25) is 0 Å². The Balaban J connectivity index is 1.83. The van der Waals surface area contributed by atoms with Gasteiger partial charge in [-0.2, -0.15) is 0 Å². The maximum Gasteiger partial charge on any atom is 0.0365 e. The second-order valence-corrected chi connectivity index (χ2v) is 6.99. The largest absolute Gasteiger partial charge is 0.329 e. The number of likely N-dealkylation sites (tertiary alicyclic amines) is 1. The zero-order valence-corrected chi connectivity index (χ0v) is 11.5. The Morgan fingerprint density at radius 3 is 2.82 bits per heavy atom. The van der Waals surface area contributed by atoms with Crippen molar-refractivity contribution >= 4 is 0 Å². The molecule has 2 heteroatoms. The van der Waals surface area contributed by atoms with Gasteiger partial charge in [0.15, 0.2) is 0 Å². The van der Waals surface area contributed by atoms with Crippen LogP contribution >= 0.6 is 0 Å². The van der Waals surface area contributed by atoms with Crippen LogP contribution in [0.2, 0.25) is 0 Å². The van der Waals surface area contributed by atoms with Crippen LogP contribution in [0.25, 0.3) is 0 Å². The Labute approximate surface area is 106 Å². The molecular formula is C15H28N2. The summed E-state index contributed by atoms with van der Waals surface area (Å²) in [5.41, 5.74) is 6.64. The van der Waals surface area contributed by atoms with Gasteiger partial charge < -0.3 is 5.73 Å². The van der Waals surface area contributed by atoms with Crippen molar-refractivity contribution in [2.75, 3.05) is 13.1 Å². The van der Waals surface area contributed by atoms with Gasteiger partial charge in [-0.3, -0.25) is 4.90 Å². The molecule has 1 aliphatic heterocycles. The average Bonchev–Trinajstić information content (AvgIpc) is 3.11. The van der Waals surface area contributed by atoms with Crippen molar-refractivity contribution in [2.45, 2.75) is 64.0 Å². The summed E-state index contributed by atoms with van der Waals surface area (Å²) < 4.78 is 0. The summed E-state index contributed by atoms with van der Waals surface area (Å²) in [6.45, 7) is 7.03. The van der Waals surface area contributed by atoms with Crippen LogP contribution in [0, 0.1) is 17.8 Å². The molecule has 2 saturated carbocycles. The SMILES string of the molecule is CC1CCC(C)N(C2(CN)CCCC3CC32)C1. The maximum atomic E-state index is 6.25. The molecule has 5 atom stereocenters. The van der Waals surface area contributed by atoms with E-state index < -0.39 is 0 Å². The molecule has 0 spiro atoms. The lowest BCUT2D eigenvalue weighted by Crippen LogP contribution is -2.62. The third kappa shape index (κ3) is 1.84. The standard InChI is InChI=1S/C15H28N2/c1-11-5-6-12(2)17(9-11)15(10-16)7-3-4-13-8-14(13)15/h11-14H,3-10,16H2,1-2H3. The van der Waals surface area contributed by atoms with E-state index in [1.807, 2.05) is 0 Å². The molecule has 3 fully saturated rings. The molecule has 3 rings (SSSR count). The summed E-state index contributed by atoms with van der Waals surface area (Å²) in [6, 6.07) is 0.758. The molecule has 0 radical (unpaired) electrons. The van der Waals surface area contributed by atoms with E-state index in [0.717, 1.165) is 30.3 Å². The minimum atomic E-state index is 0.386. The second kappa shape index (κ2) is 4.24. The molecule has 2 nitrogen and oxygen atoms in total. The highest BCUT2D eigenvalue weighted by molar-refractivity contribution is 5.12. The van der Waals surface area contributed by atoms with Gasteiger partial charge in [-0.25, -0.2) is 0 Å². The van der Waals surface area contributed by atoms with Gasteiger partial charge in [0.1, 0.15) is 0 Å². The highest BCUT2D eigenvalue weighted by Crippen LogP contribution is 2.57. The molecule has 5 unspecified atom stereocenters. The monoisotopic (exact) mass is 236 g/mol. The topological polar surface area (TPSA) is 29.3 Å². The van der Waals surface area contributed by atoms with E-state index in [1.165, 1.54) is 45.1 Å².